The van der Waals surface area contributed by atoms with Crippen molar-refractivity contribution in [1.29, 1.82) is 0 Å². The van der Waals surface area contributed by atoms with Gasteiger partial charge in [0.2, 0.25) is 5.16 Å². The van der Waals surface area contributed by atoms with E-state index in [9.17, 15) is 4.79 Å². The number of hydrogen-bond acceptors (Lipinski definition) is 5. The molecule has 2 heterocycles. The second kappa shape index (κ2) is 5.65. The fraction of sp³-hybridized carbons (Fsp3) is 0.200. The van der Waals surface area contributed by atoms with E-state index in [1.807, 2.05) is 25.1 Å². The molecule has 3 rings (SSSR count). The number of rotatable bonds is 4. The van der Waals surface area contributed by atoms with Crippen LogP contribution in [-0.2, 0) is 5.75 Å². The molecule has 21 heavy (non-hydrogen) atoms. The van der Waals surface area contributed by atoms with Crippen molar-refractivity contribution in [1.82, 2.24) is 19.6 Å². The molecule has 3 aromatic rings. The van der Waals surface area contributed by atoms with Crippen molar-refractivity contribution in [2.24, 2.45) is 0 Å². The molecule has 0 spiro atoms. The molecule has 0 radical (unpaired) electrons. The summed E-state index contributed by atoms with van der Waals surface area (Å²) in [4.78, 5) is 20.2. The SMILES string of the molecule is CC(=O)c1cn2nc(SCc3ccccc3)nc2nc1C. The van der Waals surface area contributed by atoms with Gasteiger partial charge in [-0.25, -0.2) is 9.50 Å². The molecular formula is C15H14N4OS. The van der Waals surface area contributed by atoms with Crippen LogP contribution in [0.25, 0.3) is 5.78 Å². The normalized spacial score (nSPS) is 11.0. The zero-order valence-electron chi connectivity index (χ0n) is 11.8. The summed E-state index contributed by atoms with van der Waals surface area (Å²) in [5.41, 5.74) is 2.48. The number of benzene rings is 1. The number of ketones is 1. The van der Waals surface area contributed by atoms with Gasteiger partial charge in [0.1, 0.15) is 0 Å². The molecule has 0 aliphatic carbocycles. The van der Waals surface area contributed by atoms with E-state index in [2.05, 4.69) is 27.2 Å². The monoisotopic (exact) mass is 298 g/mol. The summed E-state index contributed by atoms with van der Waals surface area (Å²) in [5, 5.41) is 5.02. The van der Waals surface area contributed by atoms with Gasteiger partial charge in [-0.3, -0.25) is 4.79 Å². The average Bonchev–Trinajstić information content (AvgIpc) is 2.87. The number of aryl methyl sites for hydroxylation is 1. The Kier molecular flexibility index (Phi) is 3.70. The van der Waals surface area contributed by atoms with E-state index in [-0.39, 0.29) is 5.78 Å². The number of carbonyl (C=O) groups is 1. The molecule has 0 fully saturated rings. The van der Waals surface area contributed by atoms with Crippen molar-refractivity contribution in [3.63, 3.8) is 0 Å². The second-order valence-electron chi connectivity index (χ2n) is 4.71. The van der Waals surface area contributed by atoms with Crippen LogP contribution in [0.4, 0.5) is 0 Å². The van der Waals surface area contributed by atoms with Crippen molar-refractivity contribution < 1.29 is 4.79 Å². The topological polar surface area (TPSA) is 60.2 Å². The Morgan fingerprint density at radius 1 is 1.24 bits per heavy atom. The van der Waals surface area contributed by atoms with Gasteiger partial charge < -0.3 is 0 Å². The third-order valence-corrected chi connectivity index (χ3v) is 4.00. The van der Waals surface area contributed by atoms with Gasteiger partial charge in [0.05, 0.1) is 11.3 Å². The molecule has 0 N–H and O–H groups in total. The highest BCUT2D eigenvalue weighted by atomic mass is 32.2. The van der Waals surface area contributed by atoms with E-state index in [1.165, 1.54) is 12.5 Å². The summed E-state index contributed by atoms with van der Waals surface area (Å²) in [6.45, 7) is 3.33. The standard InChI is InChI=1S/C15H14N4OS/c1-10-13(11(2)20)8-19-14(16-10)17-15(18-19)21-9-12-6-4-3-5-7-12/h3-8H,9H2,1-2H3. The summed E-state index contributed by atoms with van der Waals surface area (Å²) in [6.07, 6.45) is 1.69. The van der Waals surface area contributed by atoms with Gasteiger partial charge in [-0.05, 0) is 19.4 Å². The Morgan fingerprint density at radius 2 is 2.00 bits per heavy atom. The number of hydrogen-bond donors (Lipinski definition) is 0. The highest BCUT2D eigenvalue weighted by molar-refractivity contribution is 7.98. The largest absolute Gasteiger partial charge is 0.294 e. The van der Waals surface area contributed by atoms with E-state index in [1.54, 1.807) is 22.5 Å². The number of thioether (sulfide) groups is 1. The average molecular weight is 298 g/mol. The number of nitrogens with zero attached hydrogens (tertiary/aromatic N) is 4. The van der Waals surface area contributed by atoms with E-state index in [4.69, 9.17) is 0 Å². The number of fused-ring (bicyclic) bond motifs is 1. The number of carbonyl (C=O) groups excluding carboxylic acids is 1. The predicted octanol–water partition coefficient (Wildman–Crippen LogP) is 2.93. The molecule has 0 atom stereocenters. The van der Waals surface area contributed by atoms with Gasteiger partial charge in [0.25, 0.3) is 5.78 Å². The summed E-state index contributed by atoms with van der Waals surface area (Å²) in [6, 6.07) is 10.2. The van der Waals surface area contributed by atoms with Crippen molar-refractivity contribution in [2.45, 2.75) is 24.8 Å². The fourth-order valence-electron chi connectivity index (χ4n) is 2.01. The molecule has 0 saturated heterocycles. The van der Waals surface area contributed by atoms with Gasteiger partial charge >= 0.3 is 0 Å². The molecule has 2 aromatic heterocycles. The van der Waals surface area contributed by atoms with Crippen LogP contribution in [0.15, 0.2) is 41.7 Å². The highest BCUT2D eigenvalue weighted by Gasteiger charge is 2.11. The zero-order valence-corrected chi connectivity index (χ0v) is 12.6. The maximum absolute atomic E-state index is 11.5. The van der Waals surface area contributed by atoms with E-state index < -0.39 is 0 Å². The van der Waals surface area contributed by atoms with Crippen molar-refractivity contribution in [3.05, 3.63) is 53.3 Å². The van der Waals surface area contributed by atoms with Crippen molar-refractivity contribution >= 4 is 23.3 Å². The Bertz CT molecular complexity index is 798. The van der Waals surface area contributed by atoms with Crippen LogP contribution in [0.1, 0.15) is 28.5 Å². The molecule has 1 aromatic carbocycles. The molecule has 5 nitrogen and oxygen atoms in total. The van der Waals surface area contributed by atoms with E-state index >= 15 is 0 Å². The maximum atomic E-state index is 11.5. The van der Waals surface area contributed by atoms with Crippen molar-refractivity contribution in [2.75, 3.05) is 0 Å². The lowest BCUT2D eigenvalue weighted by atomic mass is 10.2. The molecule has 0 aliphatic heterocycles. The minimum Gasteiger partial charge on any atom is -0.294 e. The van der Waals surface area contributed by atoms with Gasteiger partial charge in [-0.15, -0.1) is 5.10 Å². The lowest BCUT2D eigenvalue weighted by molar-refractivity contribution is 0.101. The van der Waals surface area contributed by atoms with Gasteiger partial charge in [-0.2, -0.15) is 4.98 Å². The summed E-state index contributed by atoms with van der Waals surface area (Å²) in [5.74, 6) is 1.31. The Labute approximate surface area is 126 Å². The zero-order chi connectivity index (χ0) is 14.8. The van der Waals surface area contributed by atoms with Crippen LogP contribution in [0.5, 0.6) is 0 Å². The quantitative estimate of drug-likeness (QED) is 0.547. The molecule has 0 aliphatic rings. The first-order chi connectivity index (χ1) is 10.1. The van der Waals surface area contributed by atoms with Gasteiger partial charge in [0.15, 0.2) is 5.78 Å². The Morgan fingerprint density at radius 3 is 2.71 bits per heavy atom. The van der Waals surface area contributed by atoms with Crippen LogP contribution in [0.3, 0.4) is 0 Å². The molecular weight excluding hydrogens is 284 g/mol. The second-order valence-corrected chi connectivity index (χ2v) is 5.65. The smallest absolute Gasteiger partial charge is 0.253 e. The van der Waals surface area contributed by atoms with E-state index in [0.29, 0.717) is 22.2 Å². The Balaban J connectivity index is 1.86. The van der Waals surface area contributed by atoms with Crippen molar-refractivity contribution in [3.8, 4) is 0 Å². The molecule has 6 heteroatoms. The molecule has 0 saturated carbocycles. The van der Waals surface area contributed by atoms with Crippen LogP contribution in [0, 0.1) is 6.92 Å². The van der Waals surface area contributed by atoms with Gasteiger partial charge in [0, 0.05) is 11.9 Å². The number of Topliss-reactive ketones (excluding diaryl/α,β-unsaturated/α-hetero) is 1. The van der Waals surface area contributed by atoms with Crippen LogP contribution < -0.4 is 0 Å². The van der Waals surface area contributed by atoms with E-state index in [0.717, 1.165) is 5.75 Å². The first-order valence-electron chi connectivity index (χ1n) is 6.55. The minimum absolute atomic E-state index is 0.0177. The molecule has 0 bridgehead atoms. The lowest BCUT2D eigenvalue weighted by Crippen LogP contribution is -2.03. The summed E-state index contributed by atoms with van der Waals surface area (Å²) >= 11 is 1.55. The molecule has 0 amide bonds. The third-order valence-electron chi connectivity index (χ3n) is 3.09. The highest BCUT2D eigenvalue weighted by Crippen LogP contribution is 2.20. The first-order valence-corrected chi connectivity index (χ1v) is 7.54. The first kappa shape index (κ1) is 13.8. The predicted molar refractivity (Wildman–Crippen MR) is 81.5 cm³/mol. The lowest BCUT2D eigenvalue weighted by Gasteiger charge is -1.99. The van der Waals surface area contributed by atoms with Crippen LogP contribution in [-0.4, -0.2) is 25.4 Å². The summed E-state index contributed by atoms with van der Waals surface area (Å²) < 4.78 is 1.57. The maximum Gasteiger partial charge on any atom is 0.253 e. The van der Waals surface area contributed by atoms with Crippen LogP contribution in [0.2, 0.25) is 0 Å². The minimum atomic E-state index is -0.0177. The van der Waals surface area contributed by atoms with Gasteiger partial charge in [-0.1, -0.05) is 42.1 Å². The summed E-state index contributed by atoms with van der Waals surface area (Å²) in [7, 11) is 0. The third kappa shape index (κ3) is 2.95. The molecule has 106 valence electrons. The fourth-order valence-corrected chi connectivity index (χ4v) is 2.79. The van der Waals surface area contributed by atoms with Crippen LogP contribution >= 0.6 is 11.8 Å². The number of aromatic nitrogens is 4. The molecule has 0 unspecified atom stereocenters. The Hall–Kier alpha value is -2.21.